The molecule has 1 spiro atoms. The molecule has 1 amide bonds. The van der Waals surface area contributed by atoms with Gasteiger partial charge in [-0.2, -0.15) is 0 Å². The number of likely N-dealkylation sites (N-methyl/N-ethyl adjacent to an activating group) is 1. The molecule has 1 aromatic carbocycles. The van der Waals surface area contributed by atoms with Crippen LogP contribution < -0.4 is 5.32 Å². The van der Waals surface area contributed by atoms with Gasteiger partial charge >= 0.3 is 0 Å². The third-order valence-corrected chi connectivity index (χ3v) is 6.03. The van der Waals surface area contributed by atoms with Crippen molar-refractivity contribution < 1.29 is 4.79 Å². The third kappa shape index (κ3) is 4.06. The number of rotatable bonds is 4. The average molecular weight is 344 g/mol. The van der Waals surface area contributed by atoms with E-state index < -0.39 is 0 Å². The summed E-state index contributed by atoms with van der Waals surface area (Å²) in [6, 6.07) is 8.75. The second kappa shape index (κ2) is 7.46. The van der Waals surface area contributed by atoms with Gasteiger partial charge in [0.15, 0.2) is 0 Å². The number of hydrogen-bond acceptors (Lipinski definition) is 3. The number of nitrogens with one attached hydrogen (secondary N) is 1. The molecule has 0 aromatic heterocycles. The number of aryl methyl sites for hydroxylation is 1. The first kappa shape index (κ1) is 18.4. The van der Waals surface area contributed by atoms with Gasteiger partial charge in [-0.25, -0.2) is 0 Å². The van der Waals surface area contributed by atoms with Gasteiger partial charge in [-0.15, -0.1) is 0 Å². The van der Waals surface area contributed by atoms with Gasteiger partial charge in [0, 0.05) is 19.1 Å². The zero-order valence-electron chi connectivity index (χ0n) is 16.2. The van der Waals surface area contributed by atoms with Crippen molar-refractivity contribution in [3.8, 4) is 0 Å². The van der Waals surface area contributed by atoms with E-state index in [0.29, 0.717) is 17.9 Å². The van der Waals surface area contributed by atoms with E-state index in [0.717, 1.165) is 26.1 Å². The number of piperidine rings is 1. The van der Waals surface area contributed by atoms with E-state index in [1.54, 1.807) is 0 Å². The number of amides is 1. The van der Waals surface area contributed by atoms with Crippen molar-refractivity contribution in [2.24, 2.45) is 5.41 Å². The number of likely N-dealkylation sites (tertiary alicyclic amines) is 1. The predicted molar refractivity (Wildman–Crippen MR) is 102 cm³/mol. The molecular formula is C21H33N3O. The first-order chi connectivity index (χ1) is 11.9. The smallest absolute Gasteiger partial charge is 0.240 e. The van der Waals surface area contributed by atoms with Crippen molar-refractivity contribution >= 4 is 5.91 Å². The fourth-order valence-electron chi connectivity index (χ4n) is 4.58. The van der Waals surface area contributed by atoms with Gasteiger partial charge in [0.25, 0.3) is 0 Å². The lowest BCUT2D eigenvalue weighted by molar-refractivity contribution is -0.138. The highest BCUT2D eigenvalue weighted by molar-refractivity contribution is 5.82. The largest absolute Gasteiger partial charge is 0.335 e. The lowest BCUT2D eigenvalue weighted by Crippen LogP contribution is -2.46. The van der Waals surface area contributed by atoms with E-state index >= 15 is 0 Å². The Hall–Kier alpha value is -1.39. The Kier molecular flexibility index (Phi) is 5.49. The monoisotopic (exact) mass is 343 g/mol. The summed E-state index contributed by atoms with van der Waals surface area (Å²) in [4.78, 5) is 17.8. The Morgan fingerprint density at radius 2 is 2.08 bits per heavy atom. The molecule has 2 saturated heterocycles. The number of benzene rings is 1. The molecule has 0 radical (unpaired) electrons. The van der Waals surface area contributed by atoms with Crippen LogP contribution in [-0.2, 0) is 11.3 Å². The second-order valence-corrected chi connectivity index (χ2v) is 8.43. The molecule has 0 bridgehead atoms. The Balaban J connectivity index is 1.74. The molecule has 3 rings (SSSR count). The summed E-state index contributed by atoms with van der Waals surface area (Å²) in [5, 5.41) is 3.46. The summed E-state index contributed by atoms with van der Waals surface area (Å²) in [5.74, 6) is 0.300. The molecule has 4 nitrogen and oxygen atoms in total. The summed E-state index contributed by atoms with van der Waals surface area (Å²) in [7, 11) is 2.13. The highest BCUT2D eigenvalue weighted by atomic mass is 16.2. The molecule has 25 heavy (non-hydrogen) atoms. The Bertz CT molecular complexity index is 607. The highest BCUT2D eigenvalue weighted by Gasteiger charge is 2.46. The number of carbonyl (C=O) groups is 1. The summed E-state index contributed by atoms with van der Waals surface area (Å²) < 4.78 is 0. The molecule has 2 heterocycles. The Labute approximate surface area is 152 Å². The van der Waals surface area contributed by atoms with Gasteiger partial charge in [-0.3, -0.25) is 9.69 Å². The van der Waals surface area contributed by atoms with E-state index in [1.807, 2.05) is 0 Å². The van der Waals surface area contributed by atoms with Crippen LogP contribution in [0.4, 0.5) is 0 Å². The summed E-state index contributed by atoms with van der Waals surface area (Å²) >= 11 is 0. The van der Waals surface area contributed by atoms with Crippen molar-refractivity contribution in [3.05, 3.63) is 35.4 Å². The van der Waals surface area contributed by atoms with E-state index in [1.165, 1.54) is 24.0 Å². The van der Waals surface area contributed by atoms with E-state index in [2.05, 4.69) is 67.2 Å². The van der Waals surface area contributed by atoms with Gasteiger partial charge in [0.1, 0.15) is 0 Å². The lowest BCUT2D eigenvalue weighted by Gasteiger charge is -2.34. The van der Waals surface area contributed by atoms with E-state index in [9.17, 15) is 4.79 Å². The minimum atomic E-state index is 0.0327. The van der Waals surface area contributed by atoms with Crippen LogP contribution in [0.1, 0.15) is 44.2 Å². The van der Waals surface area contributed by atoms with Gasteiger partial charge in [0.05, 0.1) is 6.04 Å². The topological polar surface area (TPSA) is 35.6 Å². The SMILES string of the molecule is Cc1cccc(CN(C(=O)[C@H]2CC3(CCNCC3)CN2C)C(C)C)c1. The van der Waals surface area contributed by atoms with Gasteiger partial charge in [-0.1, -0.05) is 29.8 Å². The standard InChI is InChI=1S/C21H33N3O/c1-16(2)24(14-18-7-5-6-17(3)12-18)20(25)19-13-21(15-23(19)4)8-10-22-11-9-21/h5-7,12,16,19,22H,8-11,13-15H2,1-4H3/t19-/m1/s1. The van der Waals surface area contributed by atoms with Crippen LogP contribution in [0.2, 0.25) is 0 Å². The normalized spacial score (nSPS) is 23.3. The summed E-state index contributed by atoms with van der Waals surface area (Å²) in [6.07, 6.45) is 3.41. The maximum Gasteiger partial charge on any atom is 0.240 e. The minimum Gasteiger partial charge on any atom is -0.335 e. The second-order valence-electron chi connectivity index (χ2n) is 8.43. The minimum absolute atomic E-state index is 0.0327. The van der Waals surface area contributed by atoms with Crippen LogP contribution in [0.25, 0.3) is 0 Å². The zero-order valence-corrected chi connectivity index (χ0v) is 16.2. The molecule has 2 fully saturated rings. The molecule has 4 heteroatoms. The molecular weight excluding hydrogens is 310 g/mol. The van der Waals surface area contributed by atoms with Crippen LogP contribution >= 0.6 is 0 Å². The number of hydrogen-bond donors (Lipinski definition) is 1. The van der Waals surface area contributed by atoms with Crippen LogP contribution in [0.5, 0.6) is 0 Å². The highest BCUT2D eigenvalue weighted by Crippen LogP contribution is 2.41. The summed E-state index contributed by atoms with van der Waals surface area (Å²) in [6.45, 7) is 10.3. The predicted octanol–water partition coefficient (Wildman–Crippen LogP) is 2.81. The Morgan fingerprint density at radius 3 is 2.72 bits per heavy atom. The molecule has 1 atom stereocenters. The van der Waals surface area contributed by atoms with Crippen LogP contribution in [0, 0.1) is 12.3 Å². The van der Waals surface area contributed by atoms with Crippen molar-refractivity contribution in [2.75, 3.05) is 26.7 Å². The van der Waals surface area contributed by atoms with Gasteiger partial charge < -0.3 is 10.2 Å². The van der Waals surface area contributed by atoms with Crippen LogP contribution in [-0.4, -0.2) is 54.5 Å². The molecule has 0 aliphatic carbocycles. The molecule has 1 aromatic rings. The first-order valence-electron chi connectivity index (χ1n) is 9.67. The van der Waals surface area contributed by atoms with Gasteiger partial charge in [-0.05, 0) is 71.1 Å². The molecule has 2 aliphatic rings. The van der Waals surface area contributed by atoms with E-state index in [-0.39, 0.29) is 12.1 Å². The zero-order chi connectivity index (χ0) is 18.0. The fourth-order valence-corrected chi connectivity index (χ4v) is 4.58. The Morgan fingerprint density at radius 1 is 1.36 bits per heavy atom. The maximum atomic E-state index is 13.4. The van der Waals surface area contributed by atoms with Crippen LogP contribution in [0.3, 0.4) is 0 Å². The molecule has 138 valence electrons. The van der Waals surface area contributed by atoms with Gasteiger partial charge in [0.2, 0.25) is 5.91 Å². The molecule has 0 saturated carbocycles. The number of carbonyl (C=O) groups excluding carboxylic acids is 1. The van der Waals surface area contributed by atoms with Crippen LogP contribution in [0.15, 0.2) is 24.3 Å². The first-order valence-corrected chi connectivity index (χ1v) is 9.67. The molecule has 1 N–H and O–H groups in total. The molecule has 0 unspecified atom stereocenters. The summed E-state index contributed by atoms with van der Waals surface area (Å²) in [5.41, 5.74) is 2.81. The molecule has 2 aliphatic heterocycles. The third-order valence-electron chi connectivity index (χ3n) is 6.03. The lowest BCUT2D eigenvalue weighted by atomic mass is 9.77. The fraction of sp³-hybridized carbons (Fsp3) is 0.667. The average Bonchev–Trinajstić information content (AvgIpc) is 2.88. The van der Waals surface area contributed by atoms with Crippen molar-refractivity contribution in [1.82, 2.24) is 15.1 Å². The van der Waals surface area contributed by atoms with Crippen molar-refractivity contribution in [2.45, 2.75) is 58.7 Å². The maximum absolute atomic E-state index is 13.4. The van der Waals surface area contributed by atoms with Crippen molar-refractivity contribution in [3.63, 3.8) is 0 Å². The van der Waals surface area contributed by atoms with E-state index in [4.69, 9.17) is 0 Å². The quantitative estimate of drug-likeness (QED) is 0.913. The number of nitrogens with zero attached hydrogens (tertiary/aromatic N) is 2. The van der Waals surface area contributed by atoms with Crippen molar-refractivity contribution in [1.29, 1.82) is 0 Å².